The fraction of sp³-hybridized carbons (Fsp3) is 0.609. The molecule has 1 heterocycles. The molecule has 1 aliphatic heterocycles. The van der Waals surface area contributed by atoms with Gasteiger partial charge in [0.2, 0.25) is 11.4 Å². The molecule has 0 saturated carbocycles. The Morgan fingerprint density at radius 3 is 1.26 bits per heavy atom. The molecule has 3 rings (SSSR count). The lowest BCUT2D eigenvalue weighted by atomic mass is 9.98. The number of carbonyl (C=O) groups is 2. The normalized spacial score (nSPS) is 12.9. The van der Waals surface area contributed by atoms with Crippen LogP contribution in [0.1, 0.15) is 213 Å². The van der Waals surface area contributed by atoms with Crippen molar-refractivity contribution in [3.8, 4) is 0 Å². The molecule has 0 fully saturated rings. The maximum Gasteiger partial charge on any atom is 0.210 e. The Morgan fingerprint density at radius 1 is 0.480 bits per heavy atom. The molecule has 0 bridgehead atoms. The zero-order chi connectivity index (χ0) is 35.8. The predicted molar refractivity (Wildman–Crippen MR) is 213 cm³/mol. The molecule has 0 radical (unpaired) electrons. The van der Waals surface area contributed by atoms with E-state index >= 15 is 0 Å². The molecule has 50 heavy (non-hydrogen) atoms. The van der Waals surface area contributed by atoms with Gasteiger partial charge in [-0.3, -0.25) is 9.59 Å². The summed E-state index contributed by atoms with van der Waals surface area (Å²) in [5.41, 5.74) is 17.5. The second kappa shape index (κ2) is 24.9. The zero-order valence-electron chi connectivity index (χ0n) is 32.1. The largest absolute Gasteiger partial charge is 0.493 e. The monoisotopic (exact) mass is 681 g/mol. The van der Waals surface area contributed by atoms with Crippen molar-refractivity contribution in [2.24, 2.45) is 0 Å². The number of hydrogen-bond acceptors (Lipinski definition) is 2. The summed E-state index contributed by atoms with van der Waals surface area (Å²) in [6, 6.07) is 15.6. The molecule has 4 heteroatoms. The average Bonchev–Trinajstić information content (AvgIpc) is 3.47. The van der Waals surface area contributed by atoms with Crippen molar-refractivity contribution < 1.29 is 14.3 Å². The van der Waals surface area contributed by atoms with E-state index in [9.17, 15) is 15.1 Å². The van der Waals surface area contributed by atoms with Gasteiger partial charge in [-0.2, -0.15) is 0 Å². The average molecular weight is 681 g/mol. The first-order valence-electron chi connectivity index (χ1n) is 20.7. The zero-order valence-corrected chi connectivity index (χ0v) is 32.1. The predicted octanol–water partition coefficient (Wildman–Crippen LogP) is 14.7. The highest BCUT2D eigenvalue weighted by atomic mass is 16.1. The highest BCUT2D eigenvalue weighted by Crippen LogP contribution is 2.37. The van der Waals surface area contributed by atoms with Crippen molar-refractivity contribution >= 4 is 23.0 Å². The Kier molecular flexibility index (Phi) is 20.6. The van der Waals surface area contributed by atoms with E-state index < -0.39 is 0 Å². The molecule has 0 aliphatic carbocycles. The summed E-state index contributed by atoms with van der Waals surface area (Å²) in [5.74, 6) is 0.399. The Labute approximate surface area is 305 Å². The van der Waals surface area contributed by atoms with Crippen molar-refractivity contribution in [3.05, 3.63) is 88.0 Å². The number of ketones is 2. The molecule has 2 aromatic rings. The summed E-state index contributed by atoms with van der Waals surface area (Å²) in [7, 11) is 0. The van der Waals surface area contributed by atoms with Gasteiger partial charge in [0.25, 0.3) is 0 Å². The van der Waals surface area contributed by atoms with Crippen LogP contribution in [0.15, 0.2) is 60.2 Å². The fourth-order valence-corrected chi connectivity index (χ4v) is 7.12. The Hall–Kier alpha value is -3.14. The SMILES string of the molecule is CCCCCCCCCCCC(=O)c1ccc(C2=CC(CCCCCC)=C(c3ccc(C(=O)CCCCCCCCCCC)cc3)[N+]2=[N-])cc1. The molecular formula is C46H68N2O2. The van der Waals surface area contributed by atoms with E-state index in [0.29, 0.717) is 12.8 Å². The molecule has 0 saturated heterocycles. The molecular weight excluding hydrogens is 613 g/mol. The van der Waals surface area contributed by atoms with Crippen LogP contribution in [0.4, 0.5) is 0 Å². The molecule has 0 spiro atoms. The lowest BCUT2D eigenvalue weighted by molar-refractivity contribution is -0.344. The van der Waals surface area contributed by atoms with E-state index in [4.69, 9.17) is 0 Å². The first kappa shape index (κ1) is 41.3. The second-order valence-electron chi connectivity index (χ2n) is 14.7. The maximum atomic E-state index is 13.0. The van der Waals surface area contributed by atoms with Gasteiger partial charge >= 0.3 is 0 Å². The van der Waals surface area contributed by atoms with Gasteiger partial charge in [0.1, 0.15) is 0 Å². The van der Waals surface area contributed by atoms with Gasteiger partial charge in [-0.05, 0) is 49.9 Å². The highest BCUT2D eigenvalue weighted by molar-refractivity contribution is 5.97. The number of unbranched alkanes of at least 4 members (excludes halogenated alkanes) is 19. The minimum atomic E-state index is 0.198. The fourth-order valence-electron chi connectivity index (χ4n) is 7.12. The van der Waals surface area contributed by atoms with E-state index in [1.54, 1.807) is 0 Å². The summed E-state index contributed by atoms with van der Waals surface area (Å²) < 4.78 is 1.31. The minimum Gasteiger partial charge on any atom is -0.493 e. The molecule has 4 nitrogen and oxygen atoms in total. The molecule has 0 atom stereocenters. The molecule has 274 valence electrons. The quantitative estimate of drug-likeness (QED) is 0.0488. The Bertz CT molecular complexity index is 1350. The summed E-state index contributed by atoms with van der Waals surface area (Å²) in [6.07, 6.45) is 31.1. The van der Waals surface area contributed by atoms with E-state index in [0.717, 1.165) is 84.2 Å². The van der Waals surface area contributed by atoms with Crippen LogP contribution in [0.25, 0.3) is 16.9 Å². The first-order valence-corrected chi connectivity index (χ1v) is 20.7. The number of hydrogen-bond donors (Lipinski definition) is 0. The Morgan fingerprint density at radius 2 is 0.840 bits per heavy atom. The summed E-state index contributed by atoms with van der Waals surface area (Å²) in [6.45, 7) is 6.72. The van der Waals surface area contributed by atoms with E-state index in [1.807, 2.05) is 48.5 Å². The van der Waals surface area contributed by atoms with Crippen LogP contribution in [-0.4, -0.2) is 16.3 Å². The highest BCUT2D eigenvalue weighted by Gasteiger charge is 2.29. The molecule has 0 aromatic heterocycles. The van der Waals surface area contributed by atoms with E-state index in [2.05, 4.69) is 26.8 Å². The van der Waals surface area contributed by atoms with Gasteiger partial charge in [-0.25, -0.2) is 4.70 Å². The van der Waals surface area contributed by atoms with Crippen molar-refractivity contribution in [1.29, 1.82) is 0 Å². The summed E-state index contributed by atoms with van der Waals surface area (Å²) >= 11 is 0. The van der Waals surface area contributed by atoms with E-state index in [1.165, 1.54) is 107 Å². The van der Waals surface area contributed by atoms with E-state index in [-0.39, 0.29) is 11.6 Å². The Balaban J connectivity index is 1.55. The standard InChI is InChI=1S/C46H68N2O2/c1-4-7-10-13-15-17-19-21-24-27-44(49)39-31-29-38(30-32-39)43-37-42(26-23-12-9-6-3)46(48(43)47)41-35-33-40(34-36-41)45(50)28-25-22-20-18-16-14-11-8-5-2/h29-37H,4-28H2,1-3H3. The number of rotatable bonds is 29. The van der Waals surface area contributed by atoms with Gasteiger partial charge in [-0.1, -0.05) is 167 Å². The van der Waals surface area contributed by atoms with Gasteiger partial charge < -0.3 is 5.53 Å². The van der Waals surface area contributed by atoms with Crippen LogP contribution in [0.3, 0.4) is 0 Å². The molecule has 0 amide bonds. The molecule has 2 aromatic carbocycles. The van der Waals surface area contributed by atoms with Crippen LogP contribution >= 0.6 is 0 Å². The maximum absolute atomic E-state index is 13.0. The second-order valence-corrected chi connectivity index (χ2v) is 14.7. The minimum absolute atomic E-state index is 0.198. The third-order valence-corrected chi connectivity index (χ3v) is 10.4. The summed E-state index contributed by atoms with van der Waals surface area (Å²) in [4.78, 5) is 25.9. The number of allylic oxidation sites excluding steroid dienone is 2. The van der Waals surface area contributed by atoms with Crippen LogP contribution < -0.4 is 0 Å². The van der Waals surface area contributed by atoms with Crippen LogP contribution in [-0.2, 0) is 0 Å². The van der Waals surface area contributed by atoms with Crippen LogP contribution in [0.2, 0.25) is 0 Å². The molecule has 0 unspecified atom stereocenters. The van der Waals surface area contributed by atoms with Gasteiger partial charge in [-0.15, -0.1) is 0 Å². The molecule has 0 N–H and O–H groups in total. The van der Waals surface area contributed by atoms with Crippen LogP contribution in [0.5, 0.6) is 0 Å². The van der Waals surface area contributed by atoms with Gasteiger partial charge in [0.05, 0.1) is 0 Å². The lowest BCUT2D eigenvalue weighted by Crippen LogP contribution is -2.04. The number of nitrogens with zero attached hydrogens (tertiary/aromatic N) is 2. The number of carbonyl (C=O) groups excluding carboxylic acids is 2. The summed E-state index contributed by atoms with van der Waals surface area (Å²) in [5, 5.41) is 0. The first-order chi connectivity index (χ1) is 24.5. The van der Waals surface area contributed by atoms with Crippen LogP contribution in [0, 0.1) is 0 Å². The number of Topliss-reactive ketones (excluding diaryl/α,β-unsaturated/α-hetero) is 2. The number of benzene rings is 2. The smallest absolute Gasteiger partial charge is 0.210 e. The third kappa shape index (κ3) is 14.6. The van der Waals surface area contributed by atoms with Crippen molar-refractivity contribution in [3.63, 3.8) is 0 Å². The van der Waals surface area contributed by atoms with Gasteiger partial charge in [0.15, 0.2) is 11.6 Å². The lowest BCUT2D eigenvalue weighted by Gasteiger charge is -2.11. The third-order valence-electron chi connectivity index (χ3n) is 10.4. The van der Waals surface area contributed by atoms with Gasteiger partial charge in [0, 0.05) is 46.7 Å². The van der Waals surface area contributed by atoms with Crippen molar-refractivity contribution in [2.45, 2.75) is 181 Å². The van der Waals surface area contributed by atoms with Crippen molar-refractivity contribution in [2.75, 3.05) is 0 Å². The van der Waals surface area contributed by atoms with Crippen molar-refractivity contribution in [1.82, 2.24) is 0 Å². The topological polar surface area (TPSA) is 59.5 Å². The molecule has 1 aliphatic rings.